The molecule has 0 N–H and O–H groups in total. The molecule has 108 valence electrons. The molecule has 4 nitrogen and oxygen atoms in total. The highest BCUT2D eigenvalue weighted by Gasteiger charge is 2.35. The molecule has 0 fully saturated rings. The molecular weight excluding hydrogens is 292 g/mol. The number of esters is 1. The molecule has 1 heterocycles. The van der Waals surface area contributed by atoms with Crippen LogP contribution in [0.4, 0.5) is 0 Å². The van der Waals surface area contributed by atoms with Crippen LogP contribution in [0.1, 0.15) is 17.2 Å². The Morgan fingerprint density at radius 1 is 1.19 bits per heavy atom. The maximum absolute atomic E-state index is 11.7. The second-order valence-corrected chi connectivity index (χ2v) is 5.02. The molecule has 0 radical (unpaired) electrons. The molecule has 0 saturated heterocycles. The summed E-state index contributed by atoms with van der Waals surface area (Å²) in [6.45, 7) is 0. The molecule has 1 aliphatic rings. The fourth-order valence-corrected chi connectivity index (χ4v) is 2.44. The number of benzene rings is 2. The van der Waals surface area contributed by atoms with Crippen LogP contribution in [0.2, 0.25) is 5.02 Å². The molecule has 3 rings (SSSR count). The first-order valence-corrected chi connectivity index (χ1v) is 6.81. The molecule has 2 aromatic carbocycles. The summed E-state index contributed by atoms with van der Waals surface area (Å²) in [4.78, 5) is 11.7. The van der Waals surface area contributed by atoms with Crippen LogP contribution < -0.4 is 4.74 Å². The maximum atomic E-state index is 11.7. The Bertz CT molecular complexity index is 657. The van der Waals surface area contributed by atoms with Gasteiger partial charge in [-0.2, -0.15) is 0 Å². The number of hydrogen-bond donors (Lipinski definition) is 0. The quantitative estimate of drug-likeness (QED) is 0.798. The molecule has 0 aliphatic carbocycles. The van der Waals surface area contributed by atoms with Gasteiger partial charge in [0, 0.05) is 10.6 Å². The van der Waals surface area contributed by atoms with Crippen molar-refractivity contribution >= 4 is 17.6 Å². The zero-order valence-corrected chi connectivity index (χ0v) is 12.0. The van der Waals surface area contributed by atoms with E-state index in [0.29, 0.717) is 10.8 Å². The number of carbonyl (C=O) groups is 1. The van der Waals surface area contributed by atoms with Gasteiger partial charge in [-0.3, -0.25) is 0 Å². The van der Waals surface area contributed by atoms with Crippen molar-refractivity contribution in [2.45, 2.75) is 12.4 Å². The van der Waals surface area contributed by atoms with Gasteiger partial charge in [0.25, 0.3) is 6.29 Å². The number of hydrogen-bond acceptors (Lipinski definition) is 4. The van der Waals surface area contributed by atoms with Crippen molar-refractivity contribution in [2.75, 3.05) is 7.11 Å². The monoisotopic (exact) mass is 304 g/mol. The van der Waals surface area contributed by atoms with Crippen LogP contribution in [0.5, 0.6) is 5.75 Å². The Hall–Kier alpha value is -2.04. The molecule has 1 aliphatic heterocycles. The maximum Gasteiger partial charge on any atom is 0.376 e. The molecule has 0 spiro atoms. The SMILES string of the molecule is COC(=O)C1Oc2ccc(Cl)cc2C(c2ccccc2)O1. The fraction of sp³-hybridized carbons (Fsp3) is 0.188. The number of methoxy groups -OCH3 is 1. The van der Waals surface area contributed by atoms with E-state index < -0.39 is 18.4 Å². The van der Waals surface area contributed by atoms with E-state index in [9.17, 15) is 4.79 Å². The molecule has 2 aromatic rings. The van der Waals surface area contributed by atoms with E-state index in [1.165, 1.54) is 7.11 Å². The van der Waals surface area contributed by atoms with Crippen molar-refractivity contribution in [3.05, 3.63) is 64.7 Å². The minimum atomic E-state index is -1.09. The van der Waals surface area contributed by atoms with Crippen LogP contribution in [0, 0.1) is 0 Å². The third-order valence-corrected chi connectivity index (χ3v) is 3.48. The zero-order valence-electron chi connectivity index (χ0n) is 11.3. The van der Waals surface area contributed by atoms with Crippen LogP contribution in [0.3, 0.4) is 0 Å². The average molecular weight is 305 g/mol. The Morgan fingerprint density at radius 2 is 1.95 bits per heavy atom. The Balaban J connectivity index is 2.05. The molecule has 2 unspecified atom stereocenters. The second kappa shape index (κ2) is 5.76. The lowest BCUT2D eigenvalue weighted by Crippen LogP contribution is -2.36. The third kappa shape index (κ3) is 2.73. The lowest BCUT2D eigenvalue weighted by molar-refractivity contribution is -0.186. The standard InChI is InChI=1S/C16H13ClO4/c1-19-15(18)16-20-13-8-7-11(17)9-12(13)14(21-16)10-5-3-2-4-6-10/h2-9,14,16H,1H3. The van der Waals surface area contributed by atoms with Crippen molar-refractivity contribution in [1.82, 2.24) is 0 Å². The van der Waals surface area contributed by atoms with E-state index in [-0.39, 0.29) is 0 Å². The molecule has 0 aromatic heterocycles. The van der Waals surface area contributed by atoms with Crippen molar-refractivity contribution in [2.24, 2.45) is 0 Å². The van der Waals surface area contributed by atoms with E-state index in [1.54, 1.807) is 18.2 Å². The first-order chi connectivity index (χ1) is 10.2. The molecule has 21 heavy (non-hydrogen) atoms. The summed E-state index contributed by atoms with van der Waals surface area (Å²) in [7, 11) is 1.30. The predicted octanol–water partition coefficient (Wildman–Crippen LogP) is 3.34. The summed E-state index contributed by atoms with van der Waals surface area (Å²) in [5.41, 5.74) is 1.70. The number of fused-ring (bicyclic) bond motifs is 1. The van der Waals surface area contributed by atoms with Gasteiger partial charge in [0.05, 0.1) is 7.11 Å². The minimum absolute atomic E-state index is 0.433. The molecule has 0 amide bonds. The molecule has 0 saturated carbocycles. The smallest absolute Gasteiger partial charge is 0.376 e. The van der Waals surface area contributed by atoms with E-state index in [1.807, 2.05) is 30.3 Å². The number of rotatable bonds is 2. The van der Waals surface area contributed by atoms with Gasteiger partial charge in [-0.25, -0.2) is 4.79 Å². The predicted molar refractivity (Wildman–Crippen MR) is 77.3 cm³/mol. The van der Waals surface area contributed by atoms with E-state index >= 15 is 0 Å². The second-order valence-electron chi connectivity index (χ2n) is 4.58. The highest BCUT2D eigenvalue weighted by molar-refractivity contribution is 6.30. The van der Waals surface area contributed by atoms with Gasteiger partial charge < -0.3 is 14.2 Å². The minimum Gasteiger partial charge on any atom is -0.464 e. The molecule has 0 bridgehead atoms. The summed E-state index contributed by atoms with van der Waals surface area (Å²) in [6.07, 6.45) is -1.52. The number of halogens is 1. The highest BCUT2D eigenvalue weighted by atomic mass is 35.5. The van der Waals surface area contributed by atoms with Crippen molar-refractivity contribution < 1.29 is 19.0 Å². The van der Waals surface area contributed by atoms with E-state index in [4.69, 9.17) is 25.8 Å². The van der Waals surface area contributed by atoms with Gasteiger partial charge in [-0.1, -0.05) is 41.9 Å². The summed E-state index contributed by atoms with van der Waals surface area (Å²) in [5, 5.41) is 0.582. The van der Waals surface area contributed by atoms with Crippen LogP contribution in [-0.4, -0.2) is 19.4 Å². The largest absolute Gasteiger partial charge is 0.464 e. The van der Waals surface area contributed by atoms with E-state index in [0.717, 1.165) is 11.1 Å². The van der Waals surface area contributed by atoms with Gasteiger partial charge in [0.1, 0.15) is 11.9 Å². The van der Waals surface area contributed by atoms with Crippen molar-refractivity contribution in [3.8, 4) is 5.75 Å². The summed E-state index contributed by atoms with van der Waals surface area (Å²) < 4.78 is 16.0. The first-order valence-electron chi connectivity index (χ1n) is 6.43. The number of carbonyl (C=O) groups excluding carboxylic acids is 1. The van der Waals surface area contributed by atoms with Gasteiger partial charge in [0.2, 0.25) is 0 Å². The lowest BCUT2D eigenvalue weighted by Gasteiger charge is -2.31. The Labute approximate surface area is 127 Å². The summed E-state index contributed by atoms with van der Waals surface area (Å²) in [5.74, 6) is -0.00793. The molecule has 2 atom stereocenters. The molecule has 5 heteroatoms. The highest BCUT2D eigenvalue weighted by Crippen LogP contribution is 2.39. The third-order valence-electron chi connectivity index (χ3n) is 3.24. The van der Waals surface area contributed by atoms with Crippen LogP contribution in [-0.2, 0) is 14.3 Å². The van der Waals surface area contributed by atoms with Crippen LogP contribution >= 0.6 is 11.6 Å². The average Bonchev–Trinajstić information content (AvgIpc) is 2.54. The summed E-state index contributed by atoms with van der Waals surface area (Å²) in [6, 6.07) is 14.8. The zero-order chi connectivity index (χ0) is 14.8. The van der Waals surface area contributed by atoms with Gasteiger partial charge in [0.15, 0.2) is 0 Å². The number of ether oxygens (including phenoxy) is 3. The lowest BCUT2D eigenvalue weighted by atomic mass is 9.99. The molecular formula is C16H13ClO4. The van der Waals surface area contributed by atoms with E-state index in [2.05, 4.69) is 0 Å². The van der Waals surface area contributed by atoms with Gasteiger partial charge in [-0.05, 0) is 23.8 Å². The van der Waals surface area contributed by atoms with Crippen LogP contribution in [0.15, 0.2) is 48.5 Å². The van der Waals surface area contributed by atoms with Crippen molar-refractivity contribution in [3.63, 3.8) is 0 Å². The van der Waals surface area contributed by atoms with Gasteiger partial charge >= 0.3 is 5.97 Å². The fourth-order valence-electron chi connectivity index (χ4n) is 2.26. The van der Waals surface area contributed by atoms with Gasteiger partial charge in [-0.15, -0.1) is 0 Å². The first kappa shape index (κ1) is 13.9. The van der Waals surface area contributed by atoms with Crippen LogP contribution in [0.25, 0.3) is 0 Å². The van der Waals surface area contributed by atoms with Crippen molar-refractivity contribution in [1.29, 1.82) is 0 Å². The Morgan fingerprint density at radius 3 is 2.67 bits per heavy atom. The normalized spacial score (nSPS) is 20.3. The summed E-state index contributed by atoms with van der Waals surface area (Å²) >= 11 is 6.05. The topological polar surface area (TPSA) is 44.8 Å². The Kier molecular flexibility index (Phi) is 3.82.